The van der Waals surface area contributed by atoms with E-state index in [4.69, 9.17) is 29.8 Å². The number of rotatable bonds is 16. The van der Waals surface area contributed by atoms with Crippen molar-refractivity contribution in [3.63, 3.8) is 0 Å². The number of ether oxygens (including phenoxy) is 4. The van der Waals surface area contributed by atoms with Crippen molar-refractivity contribution in [1.82, 2.24) is 39.9 Å². The van der Waals surface area contributed by atoms with Gasteiger partial charge in [0, 0.05) is 140 Å². The Bertz CT molecular complexity index is 4980. The molecule has 0 spiro atoms. The average molecular weight is 2110 g/mol. The van der Waals surface area contributed by atoms with E-state index in [9.17, 15) is 47.7 Å². The van der Waals surface area contributed by atoms with Crippen molar-refractivity contribution < 1.29 is 66.8 Å². The first-order valence-corrected chi connectivity index (χ1v) is 43.0. The van der Waals surface area contributed by atoms with Crippen LogP contribution < -0.4 is 41.7 Å². The Kier molecular flexibility index (Phi) is 43.1. The quantitative estimate of drug-likeness (QED) is 0.0150. The number of hydrogen-bond donors (Lipinski definition) is 5. The predicted octanol–water partition coefficient (Wildman–Crippen LogP) is 21.3. The molecule has 6 amide bonds. The van der Waals surface area contributed by atoms with Gasteiger partial charge >= 0.3 is 36.4 Å². The number of fused-ring (bicyclic) bond motifs is 7. The number of carbonyl (C=O) groups is 8. The second-order valence-electron chi connectivity index (χ2n) is 31.1. The molecule has 7 aromatic heterocycles. The van der Waals surface area contributed by atoms with Crippen molar-refractivity contribution in [2.75, 3.05) is 83.1 Å². The summed E-state index contributed by atoms with van der Waals surface area (Å²) in [4.78, 5) is 135. The lowest BCUT2D eigenvalue weighted by Crippen LogP contribution is -2.40. The summed E-state index contributed by atoms with van der Waals surface area (Å²) in [6.07, 6.45) is 26.8. The van der Waals surface area contributed by atoms with Crippen LogP contribution >= 0.6 is 95.6 Å². The molecule has 7 N–H and O–H groups in total. The number of primary amides is 1. The number of nitrogens with one attached hydrogen (secondary N) is 2. The number of pyridine rings is 7. The number of carbonyl (C=O) groups excluding carboxylic acids is 7. The van der Waals surface area contributed by atoms with Crippen LogP contribution in [0.3, 0.4) is 0 Å². The lowest BCUT2D eigenvalue weighted by Gasteiger charge is -2.30. The summed E-state index contributed by atoms with van der Waals surface area (Å²) >= 11 is 19.8. The van der Waals surface area contributed by atoms with Crippen molar-refractivity contribution >= 4 is 198 Å². The van der Waals surface area contributed by atoms with Gasteiger partial charge in [-0.3, -0.25) is 29.2 Å². The summed E-state index contributed by atoms with van der Waals surface area (Å²) in [6, 6.07) is 11.7. The topological polar surface area (TPSA) is 406 Å². The molecule has 2 fully saturated rings. The number of hydrogen-bond acceptors (Lipinski definition) is 24. The number of nitroso groups, excluding NO2 is 1. The van der Waals surface area contributed by atoms with Gasteiger partial charge in [-0.25, -0.2) is 63.7 Å². The van der Waals surface area contributed by atoms with Crippen LogP contribution in [0.4, 0.5) is 63.3 Å². The van der Waals surface area contributed by atoms with Crippen molar-refractivity contribution in [3.8, 4) is 0 Å². The van der Waals surface area contributed by atoms with Crippen LogP contribution in [-0.2, 0) is 18.9 Å². The molecule has 0 aromatic carbocycles. The van der Waals surface area contributed by atoms with Gasteiger partial charge in [0.2, 0.25) is 5.95 Å². The molecule has 2 aliphatic carbocycles. The number of aldehydes is 2. The zero-order chi connectivity index (χ0) is 94.0. The van der Waals surface area contributed by atoms with E-state index in [1.807, 2.05) is 113 Å². The third-order valence-electron chi connectivity index (χ3n) is 16.3. The van der Waals surface area contributed by atoms with Gasteiger partial charge in [-0.2, -0.15) is 9.40 Å². The van der Waals surface area contributed by atoms with Crippen LogP contribution in [0.5, 0.6) is 0 Å². The second kappa shape index (κ2) is 50.5. The second-order valence-corrected chi connectivity index (χ2v) is 36.6. The molecule has 12 rings (SSSR count). The Balaban J connectivity index is 0.000000303. The summed E-state index contributed by atoms with van der Waals surface area (Å²) in [7, 11) is 1.18. The molecule has 4 unspecified atom stereocenters. The molecule has 125 heavy (non-hydrogen) atoms. The molecule has 0 saturated heterocycles. The van der Waals surface area contributed by atoms with E-state index >= 15 is 0 Å². The Morgan fingerprint density at radius 2 is 0.944 bits per heavy atom. The van der Waals surface area contributed by atoms with E-state index < -0.39 is 52.5 Å². The average Bonchev–Trinajstić information content (AvgIpc) is 1.60. The first-order chi connectivity index (χ1) is 58.6. The zero-order valence-electron chi connectivity index (χ0n) is 71.6. The minimum atomic E-state index is -1.00. The van der Waals surface area contributed by atoms with E-state index in [0.717, 1.165) is 87.5 Å². The van der Waals surface area contributed by atoms with Crippen molar-refractivity contribution in [1.29, 1.82) is 0 Å². The fourth-order valence-electron chi connectivity index (χ4n) is 10.8. The van der Waals surface area contributed by atoms with E-state index in [1.165, 1.54) is 40.2 Å². The summed E-state index contributed by atoms with van der Waals surface area (Å²) in [6.45, 7) is 47.7. The molecule has 0 radical (unpaired) electrons. The number of carboxylic acids is 1. The predicted molar refractivity (Wildman–Crippen MR) is 509 cm³/mol. The van der Waals surface area contributed by atoms with E-state index in [-0.39, 0.29) is 23.3 Å². The monoisotopic (exact) mass is 2100 g/mol. The molecular formula is C87H104Br6FN17O14. The van der Waals surface area contributed by atoms with Crippen LogP contribution in [-0.4, -0.2) is 169 Å². The molecule has 10 heterocycles. The Morgan fingerprint density at radius 3 is 1.36 bits per heavy atom. The number of urea groups is 1. The molecule has 2 saturated carbocycles. The molecule has 670 valence electrons. The Hall–Kier alpha value is -10.6. The normalized spacial score (nSPS) is 14.7. The highest BCUT2D eigenvalue weighted by atomic mass is 79.9. The number of anilines is 6. The van der Waals surface area contributed by atoms with E-state index in [2.05, 4.69) is 198 Å². The number of carboxylic acid groups (broad SMARTS) is 1. The van der Waals surface area contributed by atoms with Gasteiger partial charge in [0.15, 0.2) is 12.6 Å². The first kappa shape index (κ1) is 107. The van der Waals surface area contributed by atoms with Crippen LogP contribution in [0.2, 0.25) is 0 Å². The lowest BCUT2D eigenvalue weighted by atomic mass is 10.0. The van der Waals surface area contributed by atoms with E-state index in [1.54, 1.807) is 84.5 Å². The van der Waals surface area contributed by atoms with Crippen molar-refractivity contribution in [3.05, 3.63) is 238 Å². The van der Waals surface area contributed by atoms with Gasteiger partial charge in [-0.05, 0) is 269 Å². The number of aromatic nitrogens is 7. The Morgan fingerprint density at radius 1 is 0.544 bits per heavy atom. The number of nitrogens with two attached hydrogens (primary N) is 2. The highest BCUT2D eigenvalue weighted by Gasteiger charge is 2.49. The van der Waals surface area contributed by atoms with Gasteiger partial charge in [-0.1, -0.05) is 61.8 Å². The number of aromatic carboxylic acids is 1. The molecular weight excluding hydrogens is 2010 g/mol. The van der Waals surface area contributed by atoms with Crippen LogP contribution in [0.15, 0.2) is 188 Å². The minimum absolute atomic E-state index is 0.0330. The summed E-state index contributed by atoms with van der Waals surface area (Å²) < 4.78 is 39.0. The number of nitrogens with zero attached hydrogens (tertiary/aromatic N) is 13. The lowest BCUT2D eigenvalue weighted by molar-refractivity contribution is 0.0564. The molecule has 5 aliphatic rings. The van der Waals surface area contributed by atoms with Gasteiger partial charge in [0.05, 0.1) is 22.0 Å². The summed E-state index contributed by atoms with van der Waals surface area (Å²) in [5, 5.41) is 17.8. The highest BCUT2D eigenvalue weighted by Crippen LogP contribution is 2.56. The fourth-order valence-corrected chi connectivity index (χ4v) is 12.9. The maximum atomic E-state index is 12.4. The Labute approximate surface area is 778 Å². The van der Waals surface area contributed by atoms with Crippen LogP contribution in [0.1, 0.15) is 167 Å². The maximum absolute atomic E-state index is 12.4. The highest BCUT2D eigenvalue weighted by molar-refractivity contribution is 9.11. The van der Waals surface area contributed by atoms with Gasteiger partial charge in [-0.15, -0.1) is 31.2 Å². The summed E-state index contributed by atoms with van der Waals surface area (Å²) in [5.74, 6) is 3.94. The third-order valence-corrected chi connectivity index (χ3v) is 18.9. The zero-order valence-corrected chi connectivity index (χ0v) is 81.2. The molecule has 0 bridgehead atoms. The van der Waals surface area contributed by atoms with Crippen LogP contribution in [0.25, 0.3) is 18.2 Å². The SMILES string of the molecule is C=CCN.C=CCN(C(=O)OC(C)(C)C)c1ncc(Br)cc1C=C.C=CCNc1ncc(Br)cc1C=C.C=CCNc1ncc(Br)cc1C=O.CC(C)(C)OC(=O)N1CC2CC2c2cc(Br)cnc21.CC(C)(C)OC(=O)N1CC2CC2c2cc(C(=O)O)cnc21.CC(C)(C)OC(=O)N1CC=Cc2cc(Br)cnc21.CN(N=O)C(N)=O.O=Cc1cc(Br)cnc1F. The van der Waals surface area contributed by atoms with Gasteiger partial charge in [0.25, 0.3) is 0 Å². The maximum Gasteiger partial charge on any atom is 0.416 e. The van der Waals surface area contributed by atoms with Crippen molar-refractivity contribution in [2.24, 2.45) is 28.6 Å². The van der Waals surface area contributed by atoms with E-state index in [0.29, 0.717) is 108 Å². The van der Waals surface area contributed by atoms with Crippen LogP contribution in [0, 0.1) is 22.7 Å². The largest absolute Gasteiger partial charge is 0.478 e. The van der Waals surface area contributed by atoms with Gasteiger partial charge in [0.1, 0.15) is 57.3 Å². The molecule has 3 aliphatic heterocycles. The smallest absolute Gasteiger partial charge is 0.416 e. The molecule has 31 nitrogen and oxygen atoms in total. The minimum Gasteiger partial charge on any atom is -0.478 e. The number of halogens is 7. The summed E-state index contributed by atoms with van der Waals surface area (Å²) in [5.41, 5.74) is 12.6. The third kappa shape index (κ3) is 36.5. The molecule has 4 atom stereocenters. The van der Waals surface area contributed by atoms with Gasteiger partial charge < -0.3 is 46.2 Å². The standard InChI is InChI=1S/C15H19BrN2O2.C15H18N2O4.C14H17BrN2O2.C13H15BrN2O2.C10H11BrN2.C9H9BrN2O.C6H3BrFNO.C3H7N.C2H5N3O2/c1-6-8-18(14(19)20-15(3,4)5)13-11(7-2)9-12(16)10-17-13;1-15(2,3)21-14(20)17-7-9-5-10(9)11-4-8(13(18)19)6-16-12(11)17;1-14(2,3)19-13(18)17-7-8-4-10(8)11-5-9(15)6-16-12(11)17;1-13(2,3)18-12(17)16-6-4-5-9-7-10(14)8-15-11(9)16;1-3-5-12-10-8(4-2)6-9(11)7-13-10;1-2-3-11-9-7(6-13)4-8(10)5-12-9;7-5-1-4(3-10)6(8)9-2-5;1-2-3-4;1-5(4-7)2(3)6/h6-7,9-10H,1-2,8H2,3-5H3;4,6,9-10H,5,7H2,1-3H3,(H,18,19);5-6,8,10H,4,7H2,1-3H3;4-5,7-8H,6H2,1-3H3;3-4,6-7H,1-2,5H2,(H,12,13);2,4-6H,1,3H2,(H,11,12);1-3H;2H,1,3-4H2;1H3,(H2,3,6). The molecule has 7 aromatic rings. The fraction of sp³-hybridized carbons (Fsp3) is 0.345. The number of amides is 6. The van der Waals surface area contributed by atoms with Crippen molar-refractivity contribution in [2.45, 2.75) is 130 Å². The molecule has 38 heteroatoms. The first-order valence-electron chi connectivity index (χ1n) is 38.3.